The molecular weight excluding hydrogens is 307 g/mol. The van der Waals surface area contributed by atoms with Crippen LogP contribution in [0.2, 0.25) is 0 Å². The maximum atomic E-state index is 10.9. The molecule has 0 aliphatic heterocycles. The van der Waals surface area contributed by atoms with Crippen molar-refractivity contribution in [3.8, 4) is 0 Å². The highest BCUT2D eigenvalue weighted by atomic mass is 127. The number of aldehydes is 1. The summed E-state index contributed by atoms with van der Waals surface area (Å²) in [7, 11) is 0. The molecule has 0 spiro atoms. The van der Waals surface area contributed by atoms with Crippen LogP contribution in [0.4, 0.5) is 0 Å². The fourth-order valence-corrected chi connectivity index (χ4v) is 2.63. The molecule has 1 aromatic rings. The monoisotopic (exact) mass is 322 g/mol. The van der Waals surface area contributed by atoms with Crippen molar-refractivity contribution >= 4 is 40.2 Å². The summed E-state index contributed by atoms with van der Waals surface area (Å²) in [5, 5.41) is 0. The van der Waals surface area contributed by atoms with Gasteiger partial charge in [-0.2, -0.15) is 0 Å². The summed E-state index contributed by atoms with van der Waals surface area (Å²) in [6, 6.07) is 4.19. The lowest BCUT2D eigenvalue weighted by atomic mass is 9.94. The van der Waals surface area contributed by atoms with Crippen LogP contribution in [0.15, 0.2) is 12.1 Å². The lowest BCUT2D eigenvalue weighted by Crippen LogP contribution is -2.16. The van der Waals surface area contributed by atoms with Gasteiger partial charge in [-0.25, -0.2) is 0 Å². The first-order valence-corrected chi connectivity index (χ1v) is 6.43. The largest absolute Gasteiger partial charge is 0.302 e. The van der Waals surface area contributed by atoms with Crippen LogP contribution < -0.4 is 0 Å². The van der Waals surface area contributed by atoms with Crippen molar-refractivity contribution in [1.29, 1.82) is 0 Å². The van der Waals surface area contributed by atoms with Gasteiger partial charge in [0.05, 0.1) is 8.84 Å². The Morgan fingerprint density at radius 2 is 1.71 bits per heavy atom. The van der Waals surface area contributed by atoms with Gasteiger partial charge < -0.3 is 4.79 Å². The van der Waals surface area contributed by atoms with E-state index in [1.165, 1.54) is 4.88 Å². The minimum Gasteiger partial charge on any atom is -0.302 e. The Bertz CT molecular complexity index is 333. The first kappa shape index (κ1) is 12.2. The van der Waals surface area contributed by atoms with E-state index < -0.39 is 0 Å². The van der Waals surface area contributed by atoms with Gasteiger partial charge >= 0.3 is 0 Å². The van der Waals surface area contributed by atoms with Gasteiger partial charge in [0.15, 0.2) is 0 Å². The molecule has 0 radical (unpaired) electrons. The smallest absolute Gasteiger partial charge is 0.130 e. The Morgan fingerprint density at radius 1 is 1.21 bits per heavy atom. The lowest BCUT2D eigenvalue weighted by molar-refractivity contribution is -0.111. The summed E-state index contributed by atoms with van der Waals surface area (Å²) in [5.74, 6) is 0. The second-order valence-corrected chi connectivity index (χ2v) is 8.26. The Balaban J connectivity index is 3.06. The third kappa shape index (κ3) is 2.57. The molecule has 1 aromatic heterocycles. The molecule has 0 aromatic carbocycles. The van der Waals surface area contributed by atoms with Gasteiger partial charge in [0.2, 0.25) is 0 Å². The number of halogens is 1. The van der Waals surface area contributed by atoms with E-state index in [1.54, 1.807) is 11.3 Å². The van der Waals surface area contributed by atoms with Crippen molar-refractivity contribution in [3.63, 3.8) is 0 Å². The predicted octanol–water partition coefficient (Wildman–Crippen LogP) is 3.89. The zero-order valence-electron chi connectivity index (χ0n) is 8.93. The molecule has 3 heteroatoms. The predicted molar refractivity (Wildman–Crippen MR) is 70.5 cm³/mol. The molecule has 1 heterocycles. The molecule has 0 aliphatic carbocycles. The van der Waals surface area contributed by atoms with Crippen molar-refractivity contribution in [2.75, 3.05) is 0 Å². The van der Waals surface area contributed by atoms with E-state index in [-0.39, 0.29) is 8.84 Å². The van der Waals surface area contributed by atoms with E-state index in [4.69, 9.17) is 0 Å². The molecule has 0 N–H and O–H groups in total. The highest BCUT2D eigenvalue weighted by Crippen LogP contribution is 2.38. The molecule has 0 atom stereocenters. The quantitative estimate of drug-likeness (QED) is 0.469. The average Bonchev–Trinajstić information content (AvgIpc) is 2.51. The SMILES string of the molecule is CC(C)(I)c1ccc(C(C)(C)C=O)s1. The van der Waals surface area contributed by atoms with Crippen LogP contribution in [0.25, 0.3) is 0 Å². The second kappa shape index (κ2) is 3.93. The van der Waals surface area contributed by atoms with Gasteiger partial charge in [0, 0.05) is 9.75 Å². The number of thiophene rings is 1. The normalized spacial score (nSPS) is 12.9. The van der Waals surface area contributed by atoms with Gasteiger partial charge in [-0.15, -0.1) is 11.3 Å². The second-order valence-electron chi connectivity index (χ2n) is 4.48. The Kier molecular flexibility index (Phi) is 3.41. The van der Waals surface area contributed by atoms with Crippen molar-refractivity contribution in [2.24, 2.45) is 0 Å². The van der Waals surface area contributed by atoms with Crippen molar-refractivity contribution in [1.82, 2.24) is 0 Å². The van der Waals surface area contributed by atoms with Crippen molar-refractivity contribution in [3.05, 3.63) is 21.9 Å². The third-order valence-corrected chi connectivity index (χ3v) is 4.82. The molecule has 0 amide bonds. The Hall–Kier alpha value is 0.1000. The number of carbonyl (C=O) groups is 1. The zero-order chi connectivity index (χ0) is 11.0. The topological polar surface area (TPSA) is 17.1 Å². The number of hydrogen-bond donors (Lipinski definition) is 0. The summed E-state index contributed by atoms with van der Waals surface area (Å²) in [4.78, 5) is 13.4. The van der Waals surface area contributed by atoms with Crippen LogP contribution >= 0.6 is 33.9 Å². The maximum absolute atomic E-state index is 10.9. The van der Waals surface area contributed by atoms with Gasteiger partial charge in [-0.3, -0.25) is 0 Å². The summed E-state index contributed by atoms with van der Waals surface area (Å²) >= 11 is 4.15. The summed E-state index contributed by atoms with van der Waals surface area (Å²) in [6.45, 7) is 8.26. The van der Waals surface area contributed by atoms with Crippen LogP contribution in [-0.2, 0) is 13.6 Å². The zero-order valence-corrected chi connectivity index (χ0v) is 11.9. The molecule has 0 saturated heterocycles. The highest BCUT2D eigenvalue weighted by Gasteiger charge is 2.25. The van der Waals surface area contributed by atoms with E-state index in [1.807, 2.05) is 13.8 Å². The van der Waals surface area contributed by atoms with Crippen molar-refractivity contribution in [2.45, 2.75) is 36.5 Å². The van der Waals surface area contributed by atoms with E-state index >= 15 is 0 Å². The summed E-state index contributed by atoms with van der Waals surface area (Å²) in [5.41, 5.74) is -0.342. The molecule has 0 bridgehead atoms. The first-order valence-electron chi connectivity index (χ1n) is 4.53. The van der Waals surface area contributed by atoms with Gasteiger partial charge in [-0.05, 0) is 39.8 Å². The lowest BCUT2D eigenvalue weighted by Gasteiger charge is -2.16. The molecule has 78 valence electrons. The minimum absolute atomic E-state index is 0.152. The van der Waals surface area contributed by atoms with E-state index in [0.717, 1.165) is 11.2 Å². The van der Waals surface area contributed by atoms with Gasteiger partial charge in [-0.1, -0.05) is 22.6 Å². The van der Waals surface area contributed by atoms with Crippen molar-refractivity contribution < 1.29 is 4.79 Å². The molecule has 0 saturated carbocycles. The third-order valence-electron chi connectivity index (χ3n) is 2.12. The fourth-order valence-electron chi connectivity index (χ4n) is 1.06. The fraction of sp³-hybridized carbons (Fsp3) is 0.545. The Labute approximate surface area is 103 Å². The standard InChI is InChI=1S/C11H15IOS/c1-10(2,7-13)8-5-6-9(14-8)11(3,4)12/h5-7H,1-4H3. The van der Waals surface area contributed by atoms with Crippen LogP contribution in [0.3, 0.4) is 0 Å². The first-order chi connectivity index (χ1) is 6.27. The van der Waals surface area contributed by atoms with E-state index in [2.05, 4.69) is 48.6 Å². The van der Waals surface area contributed by atoms with Crippen LogP contribution in [0.5, 0.6) is 0 Å². The molecule has 1 nitrogen and oxygen atoms in total. The molecular formula is C11H15IOS. The van der Waals surface area contributed by atoms with Gasteiger partial charge in [0.25, 0.3) is 0 Å². The number of rotatable bonds is 3. The minimum atomic E-state index is -0.342. The molecule has 14 heavy (non-hydrogen) atoms. The number of alkyl halides is 1. The number of hydrogen-bond acceptors (Lipinski definition) is 2. The molecule has 0 aliphatic rings. The molecule has 0 unspecified atom stereocenters. The summed E-state index contributed by atoms with van der Waals surface area (Å²) in [6.07, 6.45) is 1.02. The summed E-state index contributed by atoms with van der Waals surface area (Å²) < 4.78 is 0.152. The van der Waals surface area contributed by atoms with Crippen LogP contribution in [0.1, 0.15) is 37.4 Å². The molecule has 0 fully saturated rings. The maximum Gasteiger partial charge on any atom is 0.130 e. The van der Waals surface area contributed by atoms with Crippen LogP contribution in [0, 0.1) is 0 Å². The molecule has 1 rings (SSSR count). The van der Waals surface area contributed by atoms with Crippen LogP contribution in [-0.4, -0.2) is 6.29 Å². The highest BCUT2D eigenvalue weighted by molar-refractivity contribution is 14.1. The number of carbonyl (C=O) groups excluding carboxylic acids is 1. The van der Waals surface area contributed by atoms with E-state index in [9.17, 15) is 4.79 Å². The Morgan fingerprint density at radius 3 is 2.07 bits per heavy atom. The average molecular weight is 322 g/mol. The van der Waals surface area contributed by atoms with Gasteiger partial charge in [0.1, 0.15) is 6.29 Å². The van der Waals surface area contributed by atoms with E-state index in [0.29, 0.717) is 0 Å².